The Balaban J connectivity index is 2.22. The van der Waals surface area contributed by atoms with Crippen molar-refractivity contribution in [2.45, 2.75) is 20.4 Å². The standard InChI is InChI=1S/C17H21FN2/c1-4-19-12-14-8-9-17(10-13(14)2)20(3)16-7-5-6-15(18)11-16/h5-11,19H,4,12H2,1-3H3. The van der Waals surface area contributed by atoms with Gasteiger partial charge < -0.3 is 10.2 Å². The number of hydrogen-bond acceptors (Lipinski definition) is 2. The lowest BCUT2D eigenvalue weighted by Gasteiger charge is -2.21. The average Bonchev–Trinajstić information content (AvgIpc) is 2.45. The van der Waals surface area contributed by atoms with Crippen LogP contribution in [-0.4, -0.2) is 13.6 Å². The average molecular weight is 272 g/mol. The molecule has 0 heterocycles. The molecule has 0 fully saturated rings. The van der Waals surface area contributed by atoms with Crippen LogP contribution in [-0.2, 0) is 6.54 Å². The molecule has 1 N–H and O–H groups in total. The molecule has 106 valence electrons. The Morgan fingerprint density at radius 3 is 2.50 bits per heavy atom. The van der Waals surface area contributed by atoms with Gasteiger partial charge in [0, 0.05) is 25.0 Å². The maximum Gasteiger partial charge on any atom is 0.125 e. The molecule has 0 aliphatic carbocycles. The van der Waals surface area contributed by atoms with Gasteiger partial charge >= 0.3 is 0 Å². The summed E-state index contributed by atoms with van der Waals surface area (Å²) in [5, 5.41) is 3.33. The molecular formula is C17H21FN2. The predicted octanol–water partition coefficient (Wildman–Crippen LogP) is 4.01. The molecular weight excluding hydrogens is 251 g/mol. The lowest BCUT2D eigenvalue weighted by atomic mass is 10.1. The van der Waals surface area contributed by atoms with Gasteiger partial charge in [0.25, 0.3) is 0 Å². The summed E-state index contributed by atoms with van der Waals surface area (Å²) in [7, 11) is 1.95. The van der Waals surface area contributed by atoms with Crippen molar-refractivity contribution in [3.8, 4) is 0 Å². The zero-order chi connectivity index (χ0) is 14.5. The fraction of sp³-hybridized carbons (Fsp3) is 0.294. The molecule has 0 bridgehead atoms. The fourth-order valence-corrected chi connectivity index (χ4v) is 2.18. The molecule has 2 aromatic carbocycles. The van der Waals surface area contributed by atoms with Gasteiger partial charge in [-0.15, -0.1) is 0 Å². The molecule has 0 aromatic heterocycles. The highest BCUT2D eigenvalue weighted by atomic mass is 19.1. The van der Waals surface area contributed by atoms with Crippen LogP contribution in [0.1, 0.15) is 18.1 Å². The molecule has 0 amide bonds. The third-order valence-electron chi connectivity index (χ3n) is 3.47. The Morgan fingerprint density at radius 1 is 1.10 bits per heavy atom. The zero-order valence-electron chi connectivity index (χ0n) is 12.3. The summed E-state index contributed by atoms with van der Waals surface area (Å²) in [4.78, 5) is 1.99. The van der Waals surface area contributed by atoms with Crippen LogP contribution in [0.3, 0.4) is 0 Å². The molecule has 0 atom stereocenters. The fourth-order valence-electron chi connectivity index (χ4n) is 2.18. The summed E-state index contributed by atoms with van der Waals surface area (Å²) in [5.41, 5.74) is 4.45. The molecule has 2 aromatic rings. The maximum absolute atomic E-state index is 13.3. The van der Waals surface area contributed by atoms with Gasteiger partial charge in [-0.25, -0.2) is 4.39 Å². The first-order valence-electron chi connectivity index (χ1n) is 6.91. The second kappa shape index (κ2) is 6.53. The largest absolute Gasteiger partial charge is 0.345 e. The zero-order valence-corrected chi connectivity index (χ0v) is 12.3. The topological polar surface area (TPSA) is 15.3 Å². The third kappa shape index (κ3) is 3.36. The molecule has 3 heteroatoms. The number of anilines is 2. The minimum Gasteiger partial charge on any atom is -0.345 e. The van der Waals surface area contributed by atoms with E-state index in [2.05, 4.69) is 37.4 Å². The van der Waals surface area contributed by atoms with Gasteiger partial charge in [0.05, 0.1) is 0 Å². The van der Waals surface area contributed by atoms with E-state index in [-0.39, 0.29) is 5.82 Å². The smallest absolute Gasteiger partial charge is 0.125 e. The summed E-state index contributed by atoms with van der Waals surface area (Å²) >= 11 is 0. The van der Waals surface area contributed by atoms with Crippen LogP contribution in [0.25, 0.3) is 0 Å². The van der Waals surface area contributed by atoms with Crippen molar-refractivity contribution in [2.24, 2.45) is 0 Å². The molecule has 20 heavy (non-hydrogen) atoms. The van der Waals surface area contributed by atoms with E-state index in [1.807, 2.05) is 18.0 Å². The molecule has 0 radical (unpaired) electrons. The minimum absolute atomic E-state index is 0.213. The van der Waals surface area contributed by atoms with Crippen molar-refractivity contribution in [3.05, 3.63) is 59.4 Å². The van der Waals surface area contributed by atoms with Crippen LogP contribution in [0.15, 0.2) is 42.5 Å². The second-order valence-electron chi connectivity index (χ2n) is 4.93. The van der Waals surface area contributed by atoms with Crippen molar-refractivity contribution >= 4 is 11.4 Å². The van der Waals surface area contributed by atoms with Gasteiger partial charge in [0.15, 0.2) is 0 Å². The van der Waals surface area contributed by atoms with Gasteiger partial charge in [-0.3, -0.25) is 0 Å². The first-order chi connectivity index (χ1) is 9.61. The van der Waals surface area contributed by atoms with E-state index in [1.165, 1.54) is 17.2 Å². The normalized spacial score (nSPS) is 10.6. The van der Waals surface area contributed by atoms with Crippen LogP contribution < -0.4 is 10.2 Å². The van der Waals surface area contributed by atoms with E-state index < -0.39 is 0 Å². The number of hydrogen-bond donors (Lipinski definition) is 1. The van der Waals surface area contributed by atoms with Crippen molar-refractivity contribution in [1.29, 1.82) is 0 Å². The first kappa shape index (κ1) is 14.5. The summed E-state index contributed by atoms with van der Waals surface area (Å²) in [5.74, 6) is -0.213. The minimum atomic E-state index is -0.213. The summed E-state index contributed by atoms with van der Waals surface area (Å²) < 4.78 is 13.3. The number of benzene rings is 2. The van der Waals surface area contributed by atoms with Crippen LogP contribution >= 0.6 is 0 Å². The van der Waals surface area contributed by atoms with E-state index in [0.717, 1.165) is 24.5 Å². The monoisotopic (exact) mass is 272 g/mol. The number of nitrogens with zero attached hydrogens (tertiary/aromatic N) is 1. The van der Waals surface area contributed by atoms with E-state index in [1.54, 1.807) is 12.1 Å². The molecule has 0 aliphatic rings. The Morgan fingerprint density at radius 2 is 1.85 bits per heavy atom. The van der Waals surface area contributed by atoms with Crippen LogP contribution in [0.4, 0.5) is 15.8 Å². The molecule has 0 spiro atoms. The first-order valence-corrected chi connectivity index (χ1v) is 6.91. The Kier molecular flexibility index (Phi) is 4.74. The quantitative estimate of drug-likeness (QED) is 0.884. The van der Waals surface area contributed by atoms with E-state index >= 15 is 0 Å². The maximum atomic E-state index is 13.3. The van der Waals surface area contributed by atoms with Crippen molar-refractivity contribution < 1.29 is 4.39 Å². The highest BCUT2D eigenvalue weighted by molar-refractivity contribution is 5.63. The number of halogens is 1. The highest BCUT2D eigenvalue weighted by Crippen LogP contribution is 2.26. The van der Waals surface area contributed by atoms with Gasteiger partial charge in [0.2, 0.25) is 0 Å². The van der Waals surface area contributed by atoms with E-state index in [0.29, 0.717) is 0 Å². The van der Waals surface area contributed by atoms with Gasteiger partial charge in [-0.1, -0.05) is 19.1 Å². The van der Waals surface area contributed by atoms with Crippen molar-refractivity contribution in [3.63, 3.8) is 0 Å². The van der Waals surface area contributed by atoms with Crippen LogP contribution in [0.5, 0.6) is 0 Å². The molecule has 2 nitrogen and oxygen atoms in total. The lowest BCUT2D eigenvalue weighted by molar-refractivity contribution is 0.628. The SMILES string of the molecule is CCNCc1ccc(N(C)c2cccc(F)c2)cc1C. The summed E-state index contributed by atoms with van der Waals surface area (Å²) in [6, 6.07) is 13.0. The Labute approximate surface area is 120 Å². The highest BCUT2D eigenvalue weighted by Gasteiger charge is 2.07. The van der Waals surface area contributed by atoms with Crippen molar-refractivity contribution in [1.82, 2.24) is 5.32 Å². The molecule has 0 saturated carbocycles. The second-order valence-corrected chi connectivity index (χ2v) is 4.93. The molecule has 2 rings (SSSR count). The number of aryl methyl sites for hydroxylation is 1. The summed E-state index contributed by atoms with van der Waals surface area (Å²) in [6.07, 6.45) is 0. The molecule has 0 unspecified atom stereocenters. The molecule has 0 saturated heterocycles. The van der Waals surface area contributed by atoms with Crippen molar-refractivity contribution in [2.75, 3.05) is 18.5 Å². The van der Waals surface area contributed by atoms with Gasteiger partial charge in [-0.2, -0.15) is 0 Å². The van der Waals surface area contributed by atoms with Gasteiger partial charge in [-0.05, 0) is 54.9 Å². The lowest BCUT2D eigenvalue weighted by Crippen LogP contribution is -2.14. The summed E-state index contributed by atoms with van der Waals surface area (Å²) in [6.45, 7) is 6.05. The van der Waals surface area contributed by atoms with E-state index in [9.17, 15) is 4.39 Å². The third-order valence-corrected chi connectivity index (χ3v) is 3.47. The number of nitrogens with one attached hydrogen (secondary N) is 1. The predicted molar refractivity (Wildman–Crippen MR) is 83.0 cm³/mol. The van der Waals surface area contributed by atoms with E-state index in [4.69, 9.17) is 0 Å². The Bertz CT molecular complexity index is 581. The van der Waals surface area contributed by atoms with Crippen LogP contribution in [0.2, 0.25) is 0 Å². The molecule has 0 aliphatic heterocycles. The van der Waals surface area contributed by atoms with Crippen LogP contribution in [0, 0.1) is 12.7 Å². The Hall–Kier alpha value is -1.87. The van der Waals surface area contributed by atoms with Gasteiger partial charge in [0.1, 0.15) is 5.82 Å². The number of rotatable bonds is 5.